The molecule has 1 unspecified atom stereocenters. The fourth-order valence-electron chi connectivity index (χ4n) is 5.52. The molecule has 2 aromatic rings. The van der Waals surface area contributed by atoms with Gasteiger partial charge in [0.15, 0.2) is 0 Å². The molecule has 0 aromatic heterocycles. The lowest BCUT2D eigenvalue weighted by atomic mass is 9.92. The summed E-state index contributed by atoms with van der Waals surface area (Å²) in [6.07, 6.45) is 3.79. The predicted octanol–water partition coefficient (Wildman–Crippen LogP) is 3.27. The number of hydrogen-bond donors (Lipinski definition) is 1. The number of fused-ring (bicyclic) bond motifs is 2. The van der Waals surface area contributed by atoms with Crippen molar-refractivity contribution in [1.29, 1.82) is 0 Å². The van der Waals surface area contributed by atoms with Crippen molar-refractivity contribution in [2.75, 3.05) is 39.3 Å². The Kier molecular flexibility index (Phi) is 6.59. The smallest absolute Gasteiger partial charge is 0.251 e. The Morgan fingerprint density at radius 2 is 1.85 bits per heavy atom. The van der Waals surface area contributed by atoms with Gasteiger partial charge in [-0.15, -0.1) is 0 Å². The SMILES string of the molecule is Cc1cc2c(cc1C)CN(C(=O)C1CCCN(CCNC(=O)c3ccc4c(c3)CCO4)C1)CC2. The van der Waals surface area contributed by atoms with E-state index in [1.165, 1.54) is 22.3 Å². The maximum absolute atomic E-state index is 13.3. The summed E-state index contributed by atoms with van der Waals surface area (Å²) in [7, 11) is 0. The van der Waals surface area contributed by atoms with Crippen LogP contribution < -0.4 is 10.1 Å². The number of hydrogen-bond acceptors (Lipinski definition) is 4. The topological polar surface area (TPSA) is 61.9 Å². The highest BCUT2D eigenvalue weighted by atomic mass is 16.5. The Morgan fingerprint density at radius 1 is 1.03 bits per heavy atom. The van der Waals surface area contributed by atoms with Crippen molar-refractivity contribution in [3.8, 4) is 5.75 Å². The molecule has 34 heavy (non-hydrogen) atoms. The summed E-state index contributed by atoms with van der Waals surface area (Å²) in [6.45, 7) is 9.66. The fourth-order valence-corrected chi connectivity index (χ4v) is 5.52. The second kappa shape index (κ2) is 9.79. The molecule has 2 aromatic carbocycles. The van der Waals surface area contributed by atoms with E-state index in [1.54, 1.807) is 0 Å². The van der Waals surface area contributed by atoms with Crippen LogP contribution in [-0.4, -0.2) is 60.9 Å². The Labute approximate surface area is 202 Å². The molecule has 0 aliphatic carbocycles. The van der Waals surface area contributed by atoms with E-state index >= 15 is 0 Å². The molecule has 3 aliphatic heterocycles. The van der Waals surface area contributed by atoms with E-state index in [1.807, 2.05) is 18.2 Å². The zero-order chi connectivity index (χ0) is 23.7. The van der Waals surface area contributed by atoms with Crippen LogP contribution in [0.25, 0.3) is 0 Å². The van der Waals surface area contributed by atoms with Crippen LogP contribution in [0, 0.1) is 19.8 Å². The zero-order valence-corrected chi connectivity index (χ0v) is 20.4. The summed E-state index contributed by atoms with van der Waals surface area (Å²) in [5, 5.41) is 3.05. The van der Waals surface area contributed by atoms with Crippen LogP contribution in [-0.2, 0) is 24.2 Å². The number of nitrogens with zero attached hydrogens (tertiary/aromatic N) is 2. The molecule has 0 bridgehead atoms. The number of piperidine rings is 1. The molecule has 0 spiro atoms. The third-order valence-corrected chi connectivity index (χ3v) is 7.66. The maximum Gasteiger partial charge on any atom is 0.251 e. The van der Waals surface area contributed by atoms with Gasteiger partial charge in [0.2, 0.25) is 5.91 Å². The van der Waals surface area contributed by atoms with Crippen molar-refractivity contribution in [2.45, 2.75) is 46.1 Å². The molecular weight excluding hydrogens is 426 g/mol. The van der Waals surface area contributed by atoms with Gasteiger partial charge in [0.05, 0.1) is 12.5 Å². The third-order valence-electron chi connectivity index (χ3n) is 7.66. The van der Waals surface area contributed by atoms with Gasteiger partial charge in [-0.05, 0) is 85.7 Å². The molecule has 0 radical (unpaired) electrons. The van der Waals surface area contributed by atoms with Crippen molar-refractivity contribution in [2.24, 2.45) is 5.92 Å². The van der Waals surface area contributed by atoms with Gasteiger partial charge in [-0.25, -0.2) is 0 Å². The number of ether oxygens (including phenoxy) is 1. The van der Waals surface area contributed by atoms with Gasteiger partial charge in [-0.2, -0.15) is 0 Å². The number of aryl methyl sites for hydroxylation is 2. The summed E-state index contributed by atoms with van der Waals surface area (Å²) in [5.74, 6) is 1.19. The lowest BCUT2D eigenvalue weighted by Gasteiger charge is -2.37. The van der Waals surface area contributed by atoms with Crippen molar-refractivity contribution >= 4 is 11.8 Å². The Hall–Kier alpha value is -2.86. The van der Waals surface area contributed by atoms with Crippen molar-refractivity contribution in [3.63, 3.8) is 0 Å². The van der Waals surface area contributed by atoms with Gasteiger partial charge in [-0.1, -0.05) is 12.1 Å². The normalized spacial score (nSPS) is 19.8. The van der Waals surface area contributed by atoms with Crippen LogP contribution >= 0.6 is 0 Å². The standard InChI is InChI=1S/C28H35N3O3/c1-19-14-21-7-11-31(18-25(21)15-20(19)2)28(33)24-4-3-10-30(17-24)12-9-29-27(32)23-5-6-26-22(16-23)8-13-34-26/h5-6,14-16,24H,3-4,7-13,17-18H2,1-2H3,(H,29,32). The molecule has 6 heteroatoms. The molecule has 0 saturated carbocycles. The summed E-state index contributed by atoms with van der Waals surface area (Å²) in [6, 6.07) is 10.2. The lowest BCUT2D eigenvalue weighted by Crippen LogP contribution is -2.47. The van der Waals surface area contributed by atoms with E-state index < -0.39 is 0 Å². The van der Waals surface area contributed by atoms with Gasteiger partial charge in [0.25, 0.3) is 5.91 Å². The fraction of sp³-hybridized carbons (Fsp3) is 0.500. The van der Waals surface area contributed by atoms with E-state index in [0.29, 0.717) is 18.7 Å². The van der Waals surface area contributed by atoms with E-state index in [-0.39, 0.29) is 17.7 Å². The first-order chi connectivity index (χ1) is 16.5. The number of likely N-dealkylation sites (tertiary alicyclic amines) is 1. The highest BCUT2D eigenvalue weighted by Crippen LogP contribution is 2.27. The number of benzene rings is 2. The maximum atomic E-state index is 13.3. The quantitative estimate of drug-likeness (QED) is 0.743. The first-order valence-corrected chi connectivity index (χ1v) is 12.6. The van der Waals surface area contributed by atoms with Crippen LogP contribution in [0.15, 0.2) is 30.3 Å². The summed E-state index contributed by atoms with van der Waals surface area (Å²) < 4.78 is 5.52. The van der Waals surface area contributed by atoms with Crippen molar-refractivity contribution in [3.05, 3.63) is 63.7 Å². The van der Waals surface area contributed by atoms with Gasteiger partial charge >= 0.3 is 0 Å². The van der Waals surface area contributed by atoms with Crippen LogP contribution in [0.3, 0.4) is 0 Å². The summed E-state index contributed by atoms with van der Waals surface area (Å²) in [5.41, 5.74) is 7.12. The second-order valence-electron chi connectivity index (χ2n) is 10.0. The van der Waals surface area contributed by atoms with E-state index in [9.17, 15) is 9.59 Å². The van der Waals surface area contributed by atoms with E-state index in [2.05, 4.69) is 41.1 Å². The molecule has 3 aliphatic rings. The number of rotatable bonds is 5. The van der Waals surface area contributed by atoms with E-state index in [4.69, 9.17) is 4.74 Å². The highest BCUT2D eigenvalue weighted by molar-refractivity contribution is 5.94. The number of carbonyl (C=O) groups is 2. The van der Waals surface area contributed by atoms with Gasteiger partial charge in [-0.3, -0.25) is 9.59 Å². The molecular formula is C28H35N3O3. The minimum atomic E-state index is -0.0446. The minimum Gasteiger partial charge on any atom is -0.493 e. The van der Waals surface area contributed by atoms with Crippen molar-refractivity contribution in [1.82, 2.24) is 15.1 Å². The Bertz CT molecular complexity index is 1100. The average molecular weight is 462 g/mol. The van der Waals surface area contributed by atoms with Crippen LogP contribution in [0.1, 0.15) is 51.0 Å². The second-order valence-corrected chi connectivity index (χ2v) is 10.0. The molecule has 3 heterocycles. The molecule has 1 fully saturated rings. The first kappa shape index (κ1) is 22.9. The lowest BCUT2D eigenvalue weighted by molar-refractivity contribution is -0.138. The first-order valence-electron chi connectivity index (χ1n) is 12.6. The summed E-state index contributed by atoms with van der Waals surface area (Å²) in [4.78, 5) is 30.3. The molecule has 5 rings (SSSR count). The minimum absolute atomic E-state index is 0.0446. The third kappa shape index (κ3) is 4.83. The Balaban J connectivity index is 1.12. The van der Waals surface area contributed by atoms with Crippen molar-refractivity contribution < 1.29 is 14.3 Å². The van der Waals surface area contributed by atoms with Crippen LogP contribution in [0.2, 0.25) is 0 Å². The molecule has 1 saturated heterocycles. The molecule has 6 nitrogen and oxygen atoms in total. The molecule has 1 atom stereocenters. The number of amides is 2. The Morgan fingerprint density at radius 3 is 2.71 bits per heavy atom. The molecule has 1 N–H and O–H groups in total. The van der Waals surface area contributed by atoms with Crippen LogP contribution in [0.5, 0.6) is 5.75 Å². The molecule has 180 valence electrons. The van der Waals surface area contributed by atoms with Gasteiger partial charge in [0, 0.05) is 44.7 Å². The van der Waals surface area contributed by atoms with Gasteiger partial charge in [0.1, 0.15) is 5.75 Å². The van der Waals surface area contributed by atoms with E-state index in [0.717, 1.165) is 69.7 Å². The predicted molar refractivity (Wildman–Crippen MR) is 132 cm³/mol. The largest absolute Gasteiger partial charge is 0.493 e. The van der Waals surface area contributed by atoms with Crippen LogP contribution in [0.4, 0.5) is 0 Å². The summed E-state index contributed by atoms with van der Waals surface area (Å²) >= 11 is 0. The molecule has 2 amide bonds. The highest BCUT2D eigenvalue weighted by Gasteiger charge is 2.31. The monoisotopic (exact) mass is 461 g/mol. The number of nitrogens with one attached hydrogen (secondary N) is 1. The van der Waals surface area contributed by atoms with Gasteiger partial charge < -0.3 is 19.9 Å². The zero-order valence-electron chi connectivity index (χ0n) is 20.4. The average Bonchev–Trinajstić information content (AvgIpc) is 3.32. The number of carbonyl (C=O) groups excluding carboxylic acids is 2.